The van der Waals surface area contributed by atoms with Crippen LogP contribution in [0.4, 0.5) is 5.95 Å². The molecule has 2 N–H and O–H groups in total. The highest BCUT2D eigenvalue weighted by Gasteiger charge is 2.21. The summed E-state index contributed by atoms with van der Waals surface area (Å²) in [6.45, 7) is -0.224. The van der Waals surface area contributed by atoms with Crippen LogP contribution in [0.15, 0.2) is 24.3 Å². The lowest BCUT2D eigenvalue weighted by atomic mass is 10.2. The fraction of sp³-hybridized carbons (Fsp3) is 0.316. The molecule has 2 aromatic heterocycles. The molecular formula is C19H21N7O7. The molecule has 33 heavy (non-hydrogen) atoms. The molecule has 0 saturated heterocycles. The van der Waals surface area contributed by atoms with Crippen LogP contribution in [0.5, 0.6) is 29.8 Å². The van der Waals surface area contributed by atoms with Gasteiger partial charge in [-0.25, -0.2) is 4.79 Å². The number of hydrogen-bond acceptors (Lipinski definition) is 13. The average Bonchev–Trinajstić information content (AvgIpc) is 2.85. The summed E-state index contributed by atoms with van der Waals surface area (Å²) >= 11 is 0. The van der Waals surface area contributed by atoms with Crippen LogP contribution >= 0.6 is 0 Å². The number of nitrogens with one attached hydrogen (secondary N) is 1. The van der Waals surface area contributed by atoms with E-state index in [0.717, 1.165) is 0 Å². The molecule has 14 heteroatoms. The van der Waals surface area contributed by atoms with Gasteiger partial charge in [-0.3, -0.25) is 0 Å². The van der Waals surface area contributed by atoms with E-state index in [-0.39, 0.29) is 36.6 Å². The van der Waals surface area contributed by atoms with Gasteiger partial charge in [0.05, 0.1) is 28.4 Å². The SMILES string of the molecule is COc1nc(N[C@@H](COc2ccc(-c3nc(OC)nc(OC)n3)cc2)C(=O)O)nc(OC)n1. The average molecular weight is 459 g/mol. The van der Waals surface area contributed by atoms with Gasteiger partial charge < -0.3 is 34.1 Å². The minimum atomic E-state index is -1.17. The number of benzene rings is 1. The summed E-state index contributed by atoms with van der Waals surface area (Å²) in [7, 11) is 5.60. The molecule has 0 bridgehead atoms. The third-order valence-corrected chi connectivity index (χ3v) is 4.05. The zero-order valence-electron chi connectivity index (χ0n) is 18.2. The van der Waals surface area contributed by atoms with Crippen molar-refractivity contribution in [1.29, 1.82) is 0 Å². The molecule has 0 radical (unpaired) electrons. The molecule has 0 amide bonds. The van der Waals surface area contributed by atoms with E-state index in [4.69, 9.17) is 23.7 Å². The largest absolute Gasteiger partial charge is 0.491 e. The number of nitrogens with zero attached hydrogens (tertiary/aromatic N) is 6. The molecular weight excluding hydrogens is 438 g/mol. The summed E-state index contributed by atoms with van der Waals surface area (Å²) < 4.78 is 25.6. The fourth-order valence-corrected chi connectivity index (χ4v) is 2.45. The number of aromatic nitrogens is 6. The lowest BCUT2D eigenvalue weighted by molar-refractivity contribution is -0.138. The van der Waals surface area contributed by atoms with E-state index in [9.17, 15) is 9.90 Å². The van der Waals surface area contributed by atoms with Gasteiger partial charge in [-0.05, 0) is 24.3 Å². The summed E-state index contributed by atoms with van der Waals surface area (Å²) in [6, 6.07) is 5.69. The maximum atomic E-state index is 11.7. The molecule has 0 unspecified atom stereocenters. The van der Waals surface area contributed by atoms with E-state index >= 15 is 0 Å². The molecule has 174 valence electrons. The maximum Gasteiger partial charge on any atom is 0.329 e. The summed E-state index contributed by atoms with van der Waals surface area (Å²) in [5, 5.41) is 12.2. The highest BCUT2D eigenvalue weighted by atomic mass is 16.5. The molecule has 1 atom stereocenters. The number of carboxylic acids is 1. The zero-order chi connectivity index (χ0) is 23.8. The Morgan fingerprint density at radius 3 is 1.76 bits per heavy atom. The van der Waals surface area contributed by atoms with Crippen molar-refractivity contribution in [3.05, 3.63) is 24.3 Å². The van der Waals surface area contributed by atoms with Gasteiger partial charge in [-0.2, -0.15) is 19.9 Å². The first-order valence-corrected chi connectivity index (χ1v) is 9.36. The van der Waals surface area contributed by atoms with Crippen molar-refractivity contribution in [3.8, 4) is 41.2 Å². The van der Waals surface area contributed by atoms with Gasteiger partial charge >= 0.3 is 30.0 Å². The number of carbonyl (C=O) groups is 1. The number of aliphatic carboxylic acids is 1. The molecule has 3 aromatic rings. The van der Waals surface area contributed by atoms with Gasteiger partial charge in [-0.1, -0.05) is 0 Å². The molecule has 14 nitrogen and oxygen atoms in total. The Labute approximate surface area is 187 Å². The van der Waals surface area contributed by atoms with Gasteiger partial charge in [0.2, 0.25) is 5.95 Å². The molecule has 0 saturated carbocycles. The van der Waals surface area contributed by atoms with Crippen molar-refractivity contribution in [3.63, 3.8) is 0 Å². The fourth-order valence-electron chi connectivity index (χ4n) is 2.45. The topological polar surface area (TPSA) is 173 Å². The van der Waals surface area contributed by atoms with E-state index in [1.54, 1.807) is 24.3 Å². The molecule has 0 aliphatic carbocycles. The number of ether oxygens (including phenoxy) is 5. The molecule has 0 aliphatic rings. The van der Waals surface area contributed by atoms with E-state index in [1.165, 1.54) is 28.4 Å². The lowest BCUT2D eigenvalue weighted by Gasteiger charge is -2.16. The Hall–Kier alpha value is -4.49. The Kier molecular flexibility index (Phi) is 7.51. The molecule has 1 aromatic carbocycles. The smallest absolute Gasteiger partial charge is 0.329 e. The van der Waals surface area contributed by atoms with Gasteiger partial charge in [0.25, 0.3) is 0 Å². The summed E-state index contributed by atoms with van der Waals surface area (Å²) in [4.78, 5) is 35.8. The summed E-state index contributed by atoms with van der Waals surface area (Å²) in [6.07, 6.45) is 0. The second-order valence-corrected chi connectivity index (χ2v) is 6.14. The van der Waals surface area contributed by atoms with Crippen LogP contribution < -0.4 is 29.0 Å². The van der Waals surface area contributed by atoms with E-state index in [2.05, 4.69) is 35.2 Å². The van der Waals surface area contributed by atoms with E-state index in [1.807, 2.05) is 0 Å². The molecule has 2 heterocycles. The Morgan fingerprint density at radius 1 is 0.818 bits per heavy atom. The first kappa shape index (κ1) is 23.2. The van der Waals surface area contributed by atoms with Crippen LogP contribution in [0, 0.1) is 0 Å². The van der Waals surface area contributed by atoms with Crippen LogP contribution in [0.2, 0.25) is 0 Å². The first-order chi connectivity index (χ1) is 15.9. The lowest BCUT2D eigenvalue weighted by Crippen LogP contribution is -2.36. The third-order valence-electron chi connectivity index (χ3n) is 4.05. The number of rotatable bonds is 11. The van der Waals surface area contributed by atoms with Crippen molar-refractivity contribution in [2.45, 2.75) is 6.04 Å². The number of methoxy groups -OCH3 is 4. The Bertz CT molecular complexity index is 1050. The monoisotopic (exact) mass is 459 g/mol. The summed E-state index contributed by atoms with van der Waals surface area (Å²) in [5.41, 5.74) is 0.652. The molecule has 0 aliphatic heterocycles. The number of hydrogen-bond donors (Lipinski definition) is 2. The highest BCUT2D eigenvalue weighted by molar-refractivity contribution is 5.76. The third kappa shape index (κ3) is 6.03. The second kappa shape index (κ2) is 10.7. The van der Waals surface area contributed by atoms with Crippen molar-refractivity contribution >= 4 is 11.9 Å². The van der Waals surface area contributed by atoms with Crippen molar-refractivity contribution < 1.29 is 33.6 Å². The van der Waals surface area contributed by atoms with E-state index in [0.29, 0.717) is 17.1 Å². The van der Waals surface area contributed by atoms with Crippen molar-refractivity contribution in [1.82, 2.24) is 29.9 Å². The number of carboxylic acid groups (broad SMARTS) is 1. The minimum Gasteiger partial charge on any atom is -0.491 e. The van der Waals surface area contributed by atoms with Crippen molar-refractivity contribution in [2.75, 3.05) is 40.4 Å². The van der Waals surface area contributed by atoms with Crippen LogP contribution in [-0.2, 0) is 4.79 Å². The van der Waals surface area contributed by atoms with Gasteiger partial charge in [0.1, 0.15) is 12.4 Å². The van der Waals surface area contributed by atoms with Crippen LogP contribution in [-0.4, -0.2) is 82.1 Å². The van der Waals surface area contributed by atoms with Crippen LogP contribution in [0.25, 0.3) is 11.4 Å². The Balaban J connectivity index is 1.70. The zero-order valence-corrected chi connectivity index (χ0v) is 18.2. The van der Waals surface area contributed by atoms with Gasteiger partial charge in [0, 0.05) is 5.56 Å². The van der Waals surface area contributed by atoms with Gasteiger partial charge in [-0.15, -0.1) is 9.97 Å². The first-order valence-electron chi connectivity index (χ1n) is 9.36. The minimum absolute atomic E-state index is 0.0309. The van der Waals surface area contributed by atoms with Crippen LogP contribution in [0.1, 0.15) is 0 Å². The highest BCUT2D eigenvalue weighted by Crippen LogP contribution is 2.22. The quantitative estimate of drug-likeness (QED) is 0.410. The number of anilines is 1. The molecule has 3 rings (SSSR count). The Morgan fingerprint density at radius 2 is 1.30 bits per heavy atom. The van der Waals surface area contributed by atoms with Crippen molar-refractivity contribution in [2.24, 2.45) is 0 Å². The second-order valence-electron chi connectivity index (χ2n) is 6.14. The predicted molar refractivity (Wildman–Crippen MR) is 112 cm³/mol. The van der Waals surface area contributed by atoms with Crippen LogP contribution in [0.3, 0.4) is 0 Å². The normalized spacial score (nSPS) is 11.3. The summed E-state index contributed by atoms with van der Waals surface area (Å²) in [5.74, 6) is -0.448. The molecule has 0 spiro atoms. The van der Waals surface area contributed by atoms with E-state index < -0.39 is 12.0 Å². The maximum absolute atomic E-state index is 11.7. The predicted octanol–water partition coefficient (Wildman–Crippen LogP) is 0.702. The standard InChI is InChI=1S/C19H21N7O7/c1-29-16-21-13(22-17(25-16)30-2)10-5-7-11(8-6-10)33-9-12(14(27)28)20-15-23-18(31-3)26-19(24-15)32-4/h5-8,12H,9H2,1-4H3,(H,27,28)(H,20,23,24,26)/t12-/m0/s1. The molecule has 0 fully saturated rings. The van der Waals surface area contributed by atoms with Gasteiger partial charge in [0.15, 0.2) is 11.9 Å².